The first-order chi connectivity index (χ1) is 12.9. The minimum Gasteiger partial charge on any atom is -0.324 e. The number of fused-ring (bicyclic) bond motifs is 3. The van der Waals surface area contributed by atoms with Crippen molar-refractivity contribution in [2.75, 3.05) is 5.32 Å². The van der Waals surface area contributed by atoms with Crippen LogP contribution in [0, 0.1) is 11.7 Å². The second kappa shape index (κ2) is 7.05. The topological polar surface area (TPSA) is 64.0 Å². The van der Waals surface area contributed by atoms with E-state index in [-0.39, 0.29) is 17.1 Å². The second-order valence-electron chi connectivity index (χ2n) is 6.89. The highest BCUT2D eigenvalue weighted by Gasteiger charge is 2.23. The third kappa shape index (κ3) is 3.49. The maximum atomic E-state index is 13.2. The minimum absolute atomic E-state index is 0.0767. The van der Waals surface area contributed by atoms with Crippen LogP contribution in [0.4, 0.5) is 10.1 Å². The number of thiophene rings is 1. The Labute approximate surface area is 163 Å². The summed E-state index contributed by atoms with van der Waals surface area (Å²) in [6, 6.07) is 3.92. The molecule has 5 nitrogen and oxygen atoms in total. The number of carbonyl (C=O) groups excluding carboxylic acids is 1. The molecule has 0 unspecified atom stereocenters. The third-order valence-corrected chi connectivity index (χ3v) is 6.25. The summed E-state index contributed by atoms with van der Waals surface area (Å²) >= 11 is 7.30. The Kier molecular flexibility index (Phi) is 4.74. The Bertz CT molecular complexity index is 1110. The van der Waals surface area contributed by atoms with E-state index >= 15 is 0 Å². The van der Waals surface area contributed by atoms with Crippen molar-refractivity contribution < 1.29 is 9.18 Å². The molecule has 2 aromatic heterocycles. The fraction of sp³-hybridized carbons (Fsp3) is 0.316. The molecule has 0 spiro atoms. The van der Waals surface area contributed by atoms with Gasteiger partial charge in [-0.25, -0.2) is 9.37 Å². The summed E-state index contributed by atoms with van der Waals surface area (Å²) in [4.78, 5) is 31.6. The molecule has 140 valence electrons. The Morgan fingerprint density at radius 2 is 2.30 bits per heavy atom. The van der Waals surface area contributed by atoms with Gasteiger partial charge in [-0.2, -0.15) is 0 Å². The van der Waals surface area contributed by atoms with E-state index in [1.165, 1.54) is 34.0 Å². The van der Waals surface area contributed by atoms with Gasteiger partial charge >= 0.3 is 0 Å². The predicted octanol–water partition coefficient (Wildman–Crippen LogP) is 4.01. The molecule has 0 fully saturated rings. The Balaban J connectivity index is 1.60. The molecule has 0 bridgehead atoms. The Hall–Kier alpha value is -2.25. The number of hydrogen-bond acceptors (Lipinski definition) is 4. The number of anilines is 1. The van der Waals surface area contributed by atoms with Gasteiger partial charge in [0.1, 0.15) is 17.2 Å². The zero-order valence-corrected chi connectivity index (χ0v) is 16.2. The van der Waals surface area contributed by atoms with Crippen molar-refractivity contribution in [3.8, 4) is 0 Å². The van der Waals surface area contributed by atoms with E-state index in [0.717, 1.165) is 29.7 Å². The molecule has 2 heterocycles. The molecule has 3 aromatic rings. The standard InChI is InChI=1S/C19H17ClFN3O2S/c1-10-2-4-12-15(6-10)27-18-17(12)19(26)24(9-22-18)8-16(25)23-11-3-5-14(21)13(20)7-11/h3,5,7,9-10H,2,4,6,8H2,1H3,(H,23,25)/t10-/m0/s1. The molecule has 27 heavy (non-hydrogen) atoms. The summed E-state index contributed by atoms with van der Waals surface area (Å²) in [5.41, 5.74) is 1.26. The molecule has 0 saturated heterocycles. The van der Waals surface area contributed by atoms with Gasteiger partial charge in [-0.05, 0) is 48.9 Å². The van der Waals surface area contributed by atoms with Crippen LogP contribution in [0.1, 0.15) is 23.8 Å². The fourth-order valence-electron chi connectivity index (χ4n) is 3.41. The molecule has 1 amide bonds. The quantitative estimate of drug-likeness (QED) is 0.716. The number of aryl methyl sites for hydroxylation is 1. The van der Waals surface area contributed by atoms with Crippen molar-refractivity contribution in [2.45, 2.75) is 32.7 Å². The van der Waals surface area contributed by atoms with Gasteiger partial charge in [-0.1, -0.05) is 18.5 Å². The van der Waals surface area contributed by atoms with Crippen molar-refractivity contribution in [3.05, 3.63) is 56.2 Å². The number of benzene rings is 1. The molecular weight excluding hydrogens is 389 g/mol. The van der Waals surface area contributed by atoms with Gasteiger partial charge in [-0.15, -0.1) is 11.3 Å². The van der Waals surface area contributed by atoms with Gasteiger partial charge < -0.3 is 5.32 Å². The monoisotopic (exact) mass is 405 g/mol. The number of carbonyl (C=O) groups is 1. The summed E-state index contributed by atoms with van der Waals surface area (Å²) in [7, 11) is 0. The number of hydrogen-bond donors (Lipinski definition) is 1. The first kappa shape index (κ1) is 18.1. The van der Waals surface area contributed by atoms with Crippen LogP contribution in [0.25, 0.3) is 10.2 Å². The molecule has 1 aliphatic carbocycles. The summed E-state index contributed by atoms with van der Waals surface area (Å²) < 4.78 is 14.5. The van der Waals surface area contributed by atoms with Crippen LogP contribution in [-0.4, -0.2) is 15.5 Å². The van der Waals surface area contributed by atoms with E-state index in [1.807, 2.05) is 0 Å². The van der Waals surface area contributed by atoms with Gasteiger partial charge in [-0.3, -0.25) is 14.2 Å². The zero-order valence-electron chi connectivity index (χ0n) is 14.6. The molecule has 0 saturated carbocycles. The maximum Gasteiger partial charge on any atom is 0.262 e. The summed E-state index contributed by atoms with van der Waals surface area (Å²) in [5, 5.41) is 3.18. The summed E-state index contributed by atoms with van der Waals surface area (Å²) in [5.74, 6) is -0.350. The van der Waals surface area contributed by atoms with Gasteiger partial charge in [0.25, 0.3) is 5.56 Å². The minimum atomic E-state index is -0.558. The molecule has 1 aromatic carbocycles. The van der Waals surface area contributed by atoms with E-state index < -0.39 is 11.7 Å². The van der Waals surface area contributed by atoms with E-state index in [0.29, 0.717) is 17.0 Å². The molecule has 1 N–H and O–H groups in total. The zero-order chi connectivity index (χ0) is 19.1. The van der Waals surface area contributed by atoms with Gasteiger partial charge in [0.15, 0.2) is 0 Å². The Morgan fingerprint density at radius 1 is 1.48 bits per heavy atom. The molecule has 4 rings (SSSR count). The molecular formula is C19H17ClFN3O2S. The number of halogens is 2. The van der Waals surface area contributed by atoms with E-state index in [1.54, 1.807) is 11.3 Å². The van der Waals surface area contributed by atoms with Gasteiger partial charge in [0.2, 0.25) is 5.91 Å². The molecule has 1 aliphatic rings. The van der Waals surface area contributed by atoms with Crippen LogP contribution in [-0.2, 0) is 24.2 Å². The predicted molar refractivity (Wildman–Crippen MR) is 105 cm³/mol. The third-order valence-electron chi connectivity index (χ3n) is 4.80. The lowest BCUT2D eigenvalue weighted by atomic mass is 9.89. The highest BCUT2D eigenvalue weighted by atomic mass is 35.5. The molecule has 0 radical (unpaired) electrons. The average Bonchev–Trinajstić information content (AvgIpc) is 2.98. The van der Waals surface area contributed by atoms with Crippen molar-refractivity contribution in [1.29, 1.82) is 0 Å². The fourth-order valence-corrected chi connectivity index (χ4v) is 4.93. The number of rotatable bonds is 3. The lowest BCUT2D eigenvalue weighted by molar-refractivity contribution is -0.116. The normalized spacial score (nSPS) is 16.3. The van der Waals surface area contributed by atoms with Crippen LogP contribution in [0.15, 0.2) is 29.3 Å². The smallest absolute Gasteiger partial charge is 0.262 e. The van der Waals surface area contributed by atoms with E-state index in [4.69, 9.17) is 11.6 Å². The number of nitrogens with one attached hydrogen (secondary N) is 1. The van der Waals surface area contributed by atoms with Crippen LogP contribution >= 0.6 is 22.9 Å². The first-order valence-electron chi connectivity index (χ1n) is 8.67. The molecule has 8 heteroatoms. The highest BCUT2D eigenvalue weighted by molar-refractivity contribution is 7.18. The van der Waals surface area contributed by atoms with Crippen LogP contribution in [0.3, 0.4) is 0 Å². The molecule has 1 atom stereocenters. The Morgan fingerprint density at radius 3 is 3.07 bits per heavy atom. The number of aromatic nitrogens is 2. The van der Waals surface area contributed by atoms with Crippen molar-refractivity contribution in [1.82, 2.24) is 9.55 Å². The number of amides is 1. The lowest BCUT2D eigenvalue weighted by Crippen LogP contribution is -2.28. The van der Waals surface area contributed by atoms with Gasteiger partial charge in [0.05, 0.1) is 16.7 Å². The van der Waals surface area contributed by atoms with Gasteiger partial charge in [0, 0.05) is 10.6 Å². The van der Waals surface area contributed by atoms with Crippen molar-refractivity contribution >= 4 is 44.7 Å². The van der Waals surface area contributed by atoms with Crippen molar-refractivity contribution in [3.63, 3.8) is 0 Å². The van der Waals surface area contributed by atoms with Crippen LogP contribution < -0.4 is 10.9 Å². The molecule has 0 aliphatic heterocycles. The number of nitrogens with zero attached hydrogens (tertiary/aromatic N) is 2. The van der Waals surface area contributed by atoms with E-state index in [9.17, 15) is 14.0 Å². The largest absolute Gasteiger partial charge is 0.324 e. The second-order valence-corrected chi connectivity index (χ2v) is 8.38. The van der Waals surface area contributed by atoms with Crippen LogP contribution in [0.5, 0.6) is 0 Å². The maximum absolute atomic E-state index is 13.2. The van der Waals surface area contributed by atoms with Crippen molar-refractivity contribution in [2.24, 2.45) is 5.92 Å². The summed E-state index contributed by atoms with van der Waals surface area (Å²) in [6.07, 6.45) is 4.31. The first-order valence-corrected chi connectivity index (χ1v) is 9.86. The van der Waals surface area contributed by atoms with E-state index in [2.05, 4.69) is 17.2 Å². The average molecular weight is 406 g/mol. The highest BCUT2D eigenvalue weighted by Crippen LogP contribution is 2.35. The summed E-state index contributed by atoms with van der Waals surface area (Å²) in [6.45, 7) is 2.04. The lowest BCUT2D eigenvalue weighted by Gasteiger charge is -2.17. The van der Waals surface area contributed by atoms with Crippen LogP contribution in [0.2, 0.25) is 5.02 Å². The SMILES string of the molecule is C[C@H]1CCc2c(sc3ncn(CC(=O)Nc4ccc(F)c(Cl)c4)c(=O)c23)C1.